The fourth-order valence-electron chi connectivity index (χ4n) is 3.35. The number of aromatic nitrogens is 4. The summed E-state index contributed by atoms with van der Waals surface area (Å²) in [5.41, 5.74) is -2.60. The molecule has 4 aromatic rings. The van der Waals surface area contributed by atoms with Crippen molar-refractivity contribution in [3.05, 3.63) is 78.5 Å². The molecule has 0 atom stereocenters. The zero-order chi connectivity index (χ0) is 27.7. The Labute approximate surface area is 208 Å². The maximum Gasteiger partial charge on any atom is 0.433 e. The van der Waals surface area contributed by atoms with E-state index in [4.69, 9.17) is 0 Å². The highest BCUT2D eigenvalue weighted by atomic mass is 19.4. The van der Waals surface area contributed by atoms with Crippen LogP contribution in [-0.2, 0) is 12.4 Å². The van der Waals surface area contributed by atoms with Crippen molar-refractivity contribution in [2.75, 3.05) is 6.61 Å². The molecule has 0 radical (unpaired) electrons. The first kappa shape index (κ1) is 26.8. The summed E-state index contributed by atoms with van der Waals surface area (Å²) in [4.78, 5) is 15.4. The molecule has 0 aliphatic rings. The minimum atomic E-state index is -5.09. The molecule has 0 aliphatic heterocycles. The molecule has 2 heterocycles. The van der Waals surface area contributed by atoms with Crippen LogP contribution in [0.3, 0.4) is 0 Å². The van der Waals surface area contributed by atoms with Crippen molar-refractivity contribution in [3.63, 3.8) is 0 Å². The summed E-state index contributed by atoms with van der Waals surface area (Å²) in [6.45, 7) is -2.04. The second kappa shape index (κ2) is 9.91. The summed E-state index contributed by atoms with van der Waals surface area (Å²) in [7, 11) is 0. The van der Waals surface area contributed by atoms with Gasteiger partial charge >= 0.3 is 18.5 Å². The highest BCUT2D eigenvalue weighted by Crippen LogP contribution is 2.40. The first-order valence-corrected chi connectivity index (χ1v) is 10.4. The van der Waals surface area contributed by atoms with Gasteiger partial charge in [-0.2, -0.15) is 39.5 Å². The predicted octanol–water partition coefficient (Wildman–Crippen LogP) is 7.25. The van der Waals surface area contributed by atoms with Crippen LogP contribution in [0.1, 0.15) is 11.3 Å². The van der Waals surface area contributed by atoms with E-state index in [1.165, 1.54) is 36.9 Å². The third kappa shape index (κ3) is 6.36. The Morgan fingerprint density at radius 2 is 1.34 bits per heavy atom. The Balaban J connectivity index is 1.84. The number of benzene rings is 2. The topological polar surface area (TPSA) is 60.8 Å². The standard InChI is InChI=1S/C24H13F9N4O/c25-22(26,27)11-38-19-7-14(4-5-17(19)23(28,29)30)18-8-20(24(31,32)33)37-21(36-18)15-3-1-2-13(6-15)16-9-34-12-35-10-16/h1-10,12H,11H2. The third-order valence-electron chi connectivity index (χ3n) is 5.01. The average Bonchev–Trinajstić information content (AvgIpc) is 2.86. The highest BCUT2D eigenvalue weighted by Gasteiger charge is 2.37. The molecule has 0 spiro atoms. The molecular formula is C24H13F9N4O. The van der Waals surface area contributed by atoms with Gasteiger partial charge in [0.1, 0.15) is 17.8 Å². The van der Waals surface area contributed by atoms with Crippen LogP contribution in [0.4, 0.5) is 39.5 Å². The summed E-state index contributed by atoms with van der Waals surface area (Å²) >= 11 is 0. The summed E-state index contributed by atoms with van der Waals surface area (Å²) in [5.74, 6) is -1.64. The number of halogens is 9. The van der Waals surface area contributed by atoms with Crippen LogP contribution in [-0.4, -0.2) is 32.7 Å². The minimum absolute atomic E-state index is 0.124. The summed E-state index contributed by atoms with van der Waals surface area (Å²) in [6.07, 6.45) is -10.8. The van der Waals surface area contributed by atoms with E-state index < -0.39 is 53.7 Å². The second-order valence-corrected chi connectivity index (χ2v) is 7.78. The maximum atomic E-state index is 13.7. The summed E-state index contributed by atoms with van der Waals surface area (Å²) < 4.78 is 123. The molecular weight excluding hydrogens is 531 g/mol. The smallest absolute Gasteiger partial charge is 0.433 e. The minimum Gasteiger partial charge on any atom is -0.483 e. The fourth-order valence-corrected chi connectivity index (χ4v) is 3.35. The molecule has 0 fully saturated rings. The van der Waals surface area contributed by atoms with Crippen LogP contribution in [0, 0.1) is 0 Å². The van der Waals surface area contributed by atoms with Gasteiger partial charge in [0.05, 0.1) is 11.3 Å². The lowest BCUT2D eigenvalue weighted by molar-refractivity contribution is -0.158. The molecule has 2 aromatic carbocycles. The zero-order valence-corrected chi connectivity index (χ0v) is 18.7. The highest BCUT2D eigenvalue weighted by molar-refractivity contribution is 5.71. The molecule has 0 aliphatic carbocycles. The van der Waals surface area contributed by atoms with E-state index in [-0.39, 0.29) is 11.1 Å². The Morgan fingerprint density at radius 3 is 1.97 bits per heavy atom. The van der Waals surface area contributed by atoms with E-state index in [1.807, 2.05) is 0 Å². The van der Waals surface area contributed by atoms with E-state index in [9.17, 15) is 39.5 Å². The van der Waals surface area contributed by atoms with Gasteiger partial charge in [0.15, 0.2) is 12.4 Å². The van der Waals surface area contributed by atoms with Crippen molar-refractivity contribution in [3.8, 4) is 39.5 Å². The van der Waals surface area contributed by atoms with E-state index in [0.717, 1.165) is 6.07 Å². The number of alkyl halides is 9. The van der Waals surface area contributed by atoms with Crippen molar-refractivity contribution >= 4 is 0 Å². The Bertz CT molecular complexity index is 1440. The summed E-state index contributed by atoms with van der Waals surface area (Å²) in [5, 5.41) is 0. The Morgan fingerprint density at radius 1 is 0.658 bits per heavy atom. The van der Waals surface area contributed by atoms with Gasteiger partial charge in [-0.1, -0.05) is 24.3 Å². The molecule has 0 saturated heterocycles. The quantitative estimate of drug-likeness (QED) is 0.248. The monoisotopic (exact) mass is 544 g/mol. The first-order chi connectivity index (χ1) is 17.7. The van der Waals surface area contributed by atoms with Gasteiger partial charge in [0, 0.05) is 29.1 Å². The molecule has 198 valence electrons. The summed E-state index contributed by atoms with van der Waals surface area (Å²) in [6, 6.07) is 8.26. The molecule has 4 rings (SSSR count). The van der Waals surface area contributed by atoms with E-state index in [0.29, 0.717) is 29.3 Å². The second-order valence-electron chi connectivity index (χ2n) is 7.78. The lowest BCUT2D eigenvalue weighted by Crippen LogP contribution is -2.21. The lowest BCUT2D eigenvalue weighted by Gasteiger charge is -2.17. The molecule has 0 amide bonds. The largest absolute Gasteiger partial charge is 0.483 e. The van der Waals surface area contributed by atoms with Gasteiger partial charge in [-0.05, 0) is 29.8 Å². The van der Waals surface area contributed by atoms with Crippen molar-refractivity contribution in [1.29, 1.82) is 0 Å². The molecule has 14 heteroatoms. The molecule has 0 unspecified atom stereocenters. The van der Waals surface area contributed by atoms with Crippen LogP contribution in [0.25, 0.3) is 33.8 Å². The van der Waals surface area contributed by atoms with Crippen LogP contribution >= 0.6 is 0 Å². The van der Waals surface area contributed by atoms with Crippen molar-refractivity contribution < 1.29 is 44.3 Å². The van der Waals surface area contributed by atoms with Gasteiger partial charge in [-0.15, -0.1) is 0 Å². The Kier molecular flexibility index (Phi) is 7.00. The van der Waals surface area contributed by atoms with Gasteiger partial charge in [-0.3, -0.25) is 0 Å². The third-order valence-corrected chi connectivity index (χ3v) is 5.01. The van der Waals surface area contributed by atoms with Gasteiger partial charge < -0.3 is 4.74 Å². The average molecular weight is 544 g/mol. The van der Waals surface area contributed by atoms with E-state index in [2.05, 4.69) is 24.7 Å². The SMILES string of the molecule is FC(F)(F)COc1cc(-c2cc(C(F)(F)F)nc(-c3cccc(-c4cncnc4)c3)n2)ccc1C(F)(F)F. The number of rotatable bonds is 5. The van der Waals surface area contributed by atoms with Crippen LogP contribution in [0.5, 0.6) is 5.75 Å². The van der Waals surface area contributed by atoms with Crippen LogP contribution < -0.4 is 4.74 Å². The number of nitrogens with zero attached hydrogens (tertiary/aromatic N) is 4. The van der Waals surface area contributed by atoms with E-state index in [1.54, 1.807) is 6.07 Å². The van der Waals surface area contributed by atoms with E-state index >= 15 is 0 Å². The zero-order valence-electron chi connectivity index (χ0n) is 18.7. The molecule has 5 nitrogen and oxygen atoms in total. The normalized spacial score (nSPS) is 12.4. The van der Waals surface area contributed by atoms with Crippen molar-refractivity contribution in [2.24, 2.45) is 0 Å². The maximum absolute atomic E-state index is 13.7. The molecule has 0 bridgehead atoms. The lowest BCUT2D eigenvalue weighted by atomic mass is 10.0. The van der Waals surface area contributed by atoms with Gasteiger partial charge in [0.2, 0.25) is 0 Å². The molecule has 2 aromatic heterocycles. The van der Waals surface area contributed by atoms with Crippen molar-refractivity contribution in [1.82, 2.24) is 19.9 Å². The Hall–Kier alpha value is -4.23. The van der Waals surface area contributed by atoms with Crippen molar-refractivity contribution in [2.45, 2.75) is 18.5 Å². The number of hydrogen-bond donors (Lipinski definition) is 0. The number of hydrogen-bond acceptors (Lipinski definition) is 5. The first-order valence-electron chi connectivity index (χ1n) is 10.4. The fraction of sp³-hybridized carbons (Fsp3) is 0.167. The predicted molar refractivity (Wildman–Crippen MR) is 115 cm³/mol. The molecule has 38 heavy (non-hydrogen) atoms. The van der Waals surface area contributed by atoms with Crippen LogP contribution in [0.15, 0.2) is 67.3 Å². The molecule has 0 saturated carbocycles. The molecule has 0 N–H and O–H groups in total. The van der Waals surface area contributed by atoms with Gasteiger partial charge in [-0.25, -0.2) is 19.9 Å². The van der Waals surface area contributed by atoms with Gasteiger partial charge in [0.25, 0.3) is 0 Å². The van der Waals surface area contributed by atoms with Crippen LogP contribution in [0.2, 0.25) is 0 Å². The number of ether oxygens (including phenoxy) is 1.